The summed E-state index contributed by atoms with van der Waals surface area (Å²) in [5, 5.41) is 0. The lowest BCUT2D eigenvalue weighted by molar-refractivity contribution is 0.703. The number of hydrogen-bond donors (Lipinski definition) is 0. The molecule has 1 heterocycles. The van der Waals surface area contributed by atoms with Gasteiger partial charge in [-0.2, -0.15) is 0 Å². The van der Waals surface area contributed by atoms with Gasteiger partial charge in [-0.05, 0) is 25.3 Å². The van der Waals surface area contributed by atoms with Crippen molar-refractivity contribution in [3.63, 3.8) is 0 Å². The molecular weight excluding hydrogens is 138 g/mol. The van der Waals surface area contributed by atoms with Crippen LogP contribution in [0, 0.1) is 6.92 Å². The summed E-state index contributed by atoms with van der Waals surface area (Å²) in [7, 11) is 0. The number of hydrogen-bond acceptors (Lipinski definition) is 1. The highest BCUT2D eigenvalue weighted by Gasteiger charge is 2.23. The van der Waals surface area contributed by atoms with Crippen LogP contribution in [0.2, 0.25) is 0 Å². The summed E-state index contributed by atoms with van der Waals surface area (Å²) in [5.74, 6) is 0. The molecule has 0 N–H and O–H groups in total. The third kappa shape index (κ3) is 1.20. The SMILES string of the molecule is Cc1ccc(=O)n(C2CC2)c1. The molecule has 1 fully saturated rings. The minimum atomic E-state index is 0.137. The molecule has 1 aromatic heterocycles. The van der Waals surface area contributed by atoms with Gasteiger partial charge in [-0.1, -0.05) is 6.07 Å². The highest BCUT2D eigenvalue weighted by atomic mass is 16.1. The maximum atomic E-state index is 11.2. The Morgan fingerprint density at radius 2 is 2.18 bits per heavy atom. The van der Waals surface area contributed by atoms with Gasteiger partial charge in [-0.3, -0.25) is 4.79 Å². The molecule has 0 aromatic carbocycles. The van der Waals surface area contributed by atoms with Crippen molar-refractivity contribution in [3.05, 3.63) is 34.2 Å². The zero-order valence-corrected chi connectivity index (χ0v) is 6.58. The van der Waals surface area contributed by atoms with E-state index in [2.05, 4.69) is 0 Å². The molecule has 2 rings (SSSR count). The molecule has 0 saturated heterocycles. The zero-order valence-electron chi connectivity index (χ0n) is 6.58. The molecule has 0 spiro atoms. The van der Waals surface area contributed by atoms with E-state index in [9.17, 15) is 4.79 Å². The van der Waals surface area contributed by atoms with Crippen LogP contribution in [0.15, 0.2) is 23.1 Å². The summed E-state index contributed by atoms with van der Waals surface area (Å²) < 4.78 is 1.84. The van der Waals surface area contributed by atoms with Crippen LogP contribution < -0.4 is 5.56 Å². The fourth-order valence-electron chi connectivity index (χ4n) is 1.25. The fourth-order valence-corrected chi connectivity index (χ4v) is 1.25. The van der Waals surface area contributed by atoms with Crippen molar-refractivity contribution in [2.75, 3.05) is 0 Å². The Hall–Kier alpha value is -1.05. The average molecular weight is 149 g/mol. The average Bonchev–Trinajstić information content (AvgIpc) is 2.76. The van der Waals surface area contributed by atoms with Gasteiger partial charge in [0.2, 0.25) is 0 Å². The number of pyridine rings is 1. The Bertz CT molecular complexity index is 323. The summed E-state index contributed by atoms with van der Waals surface area (Å²) >= 11 is 0. The third-order valence-electron chi connectivity index (χ3n) is 2.03. The maximum Gasteiger partial charge on any atom is 0.250 e. The number of nitrogens with zero attached hydrogens (tertiary/aromatic N) is 1. The highest BCUT2D eigenvalue weighted by molar-refractivity contribution is 5.09. The minimum absolute atomic E-state index is 0.137. The summed E-state index contributed by atoms with van der Waals surface area (Å²) in [5.41, 5.74) is 1.30. The van der Waals surface area contributed by atoms with Gasteiger partial charge in [-0.15, -0.1) is 0 Å². The second kappa shape index (κ2) is 2.22. The van der Waals surface area contributed by atoms with E-state index in [1.54, 1.807) is 6.07 Å². The van der Waals surface area contributed by atoms with E-state index < -0.39 is 0 Å². The molecule has 1 aliphatic rings. The van der Waals surface area contributed by atoms with E-state index in [1.807, 2.05) is 23.8 Å². The van der Waals surface area contributed by atoms with Crippen molar-refractivity contribution >= 4 is 0 Å². The molecule has 11 heavy (non-hydrogen) atoms. The molecule has 1 aromatic rings. The van der Waals surface area contributed by atoms with E-state index >= 15 is 0 Å². The first-order valence-corrected chi connectivity index (χ1v) is 3.96. The summed E-state index contributed by atoms with van der Waals surface area (Å²) in [6, 6.07) is 4.01. The first kappa shape index (κ1) is 6.65. The first-order valence-electron chi connectivity index (χ1n) is 3.96. The number of aryl methyl sites for hydroxylation is 1. The predicted octanol–water partition coefficient (Wildman–Crippen LogP) is 1.49. The van der Waals surface area contributed by atoms with Crippen molar-refractivity contribution in [2.45, 2.75) is 25.8 Å². The van der Waals surface area contributed by atoms with Crippen LogP contribution in [-0.4, -0.2) is 4.57 Å². The summed E-state index contributed by atoms with van der Waals surface area (Å²) in [4.78, 5) is 11.2. The molecule has 0 amide bonds. The van der Waals surface area contributed by atoms with E-state index in [0.717, 1.165) is 5.56 Å². The standard InChI is InChI=1S/C9H11NO/c1-7-2-5-9(11)10(6-7)8-3-4-8/h2,5-6,8H,3-4H2,1H3. The zero-order chi connectivity index (χ0) is 7.84. The van der Waals surface area contributed by atoms with E-state index in [-0.39, 0.29) is 5.56 Å². The monoisotopic (exact) mass is 149 g/mol. The van der Waals surface area contributed by atoms with Gasteiger partial charge in [0.25, 0.3) is 5.56 Å². The lowest BCUT2D eigenvalue weighted by Gasteiger charge is -2.02. The van der Waals surface area contributed by atoms with Crippen LogP contribution in [0.25, 0.3) is 0 Å². The smallest absolute Gasteiger partial charge is 0.250 e. The maximum absolute atomic E-state index is 11.2. The lowest BCUT2D eigenvalue weighted by atomic mass is 10.3. The van der Waals surface area contributed by atoms with E-state index in [0.29, 0.717) is 6.04 Å². The van der Waals surface area contributed by atoms with Crippen molar-refractivity contribution in [2.24, 2.45) is 0 Å². The quantitative estimate of drug-likeness (QED) is 0.593. The summed E-state index contributed by atoms with van der Waals surface area (Å²) in [6.45, 7) is 2.01. The predicted molar refractivity (Wildman–Crippen MR) is 43.7 cm³/mol. The van der Waals surface area contributed by atoms with Crippen LogP contribution in [0.1, 0.15) is 24.4 Å². The fraction of sp³-hybridized carbons (Fsp3) is 0.444. The van der Waals surface area contributed by atoms with Gasteiger partial charge in [0, 0.05) is 18.3 Å². The third-order valence-corrected chi connectivity index (χ3v) is 2.03. The molecule has 0 atom stereocenters. The van der Waals surface area contributed by atoms with E-state index in [1.165, 1.54) is 12.8 Å². The van der Waals surface area contributed by atoms with Gasteiger partial charge in [0.15, 0.2) is 0 Å². The molecule has 58 valence electrons. The van der Waals surface area contributed by atoms with Crippen LogP contribution in [0.4, 0.5) is 0 Å². The van der Waals surface area contributed by atoms with Gasteiger partial charge < -0.3 is 4.57 Å². The number of aromatic nitrogens is 1. The Kier molecular flexibility index (Phi) is 1.34. The topological polar surface area (TPSA) is 22.0 Å². The van der Waals surface area contributed by atoms with Crippen LogP contribution in [0.5, 0.6) is 0 Å². The number of rotatable bonds is 1. The molecular formula is C9H11NO. The molecule has 0 aliphatic heterocycles. The van der Waals surface area contributed by atoms with Gasteiger partial charge >= 0.3 is 0 Å². The van der Waals surface area contributed by atoms with Gasteiger partial charge in [-0.25, -0.2) is 0 Å². The Labute approximate surface area is 65.5 Å². The van der Waals surface area contributed by atoms with Crippen LogP contribution >= 0.6 is 0 Å². The lowest BCUT2D eigenvalue weighted by Crippen LogP contribution is -2.16. The second-order valence-electron chi connectivity index (χ2n) is 3.18. The van der Waals surface area contributed by atoms with Crippen molar-refractivity contribution in [3.8, 4) is 0 Å². The van der Waals surface area contributed by atoms with E-state index in [4.69, 9.17) is 0 Å². The van der Waals surface area contributed by atoms with Gasteiger partial charge in [0.1, 0.15) is 0 Å². The molecule has 2 heteroatoms. The molecule has 1 saturated carbocycles. The van der Waals surface area contributed by atoms with Gasteiger partial charge in [0.05, 0.1) is 0 Å². The minimum Gasteiger partial charge on any atom is -0.312 e. The van der Waals surface area contributed by atoms with Crippen LogP contribution in [-0.2, 0) is 0 Å². The van der Waals surface area contributed by atoms with Crippen molar-refractivity contribution in [1.82, 2.24) is 4.57 Å². The first-order chi connectivity index (χ1) is 5.27. The Morgan fingerprint density at radius 3 is 2.82 bits per heavy atom. The molecule has 2 nitrogen and oxygen atoms in total. The molecule has 0 radical (unpaired) electrons. The highest BCUT2D eigenvalue weighted by Crippen LogP contribution is 2.33. The molecule has 0 bridgehead atoms. The molecule has 1 aliphatic carbocycles. The van der Waals surface area contributed by atoms with Crippen molar-refractivity contribution < 1.29 is 0 Å². The Morgan fingerprint density at radius 1 is 1.45 bits per heavy atom. The largest absolute Gasteiger partial charge is 0.312 e. The molecule has 0 unspecified atom stereocenters. The second-order valence-corrected chi connectivity index (χ2v) is 3.18. The van der Waals surface area contributed by atoms with Crippen molar-refractivity contribution in [1.29, 1.82) is 0 Å². The normalized spacial score (nSPS) is 16.8. The van der Waals surface area contributed by atoms with Crippen LogP contribution in [0.3, 0.4) is 0 Å². The summed E-state index contributed by atoms with van der Waals surface area (Å²) in [6.07, 6.45) is 4.28. The Balaban J connectivity index is 2.51.